The zero-order valence-corrected chi connectivity index (χ0v) is 32.4. The van der Waals surface area contributed by atoms with Crippen molar-refractivity contribution in [3.63, 3.8) is 0 Å². The highest BCUT2D eigenvalue weighted by atomic mass is 32.1. The van der Waals surface area contributed by atoms with Crippen molar-refractivity contribution < 1.29 is 36.8 Å². The van der Waals surface area contributed by atoms with E-state index >= 15 is 0 Å². The van der Waals surface area contributed by atoms with Crippen molar-refractivity contribution >= 4 is 140 Å². The second-order valence-corrected chi connectivity index (χ2v) is 14.8. The first-order chi connectivity index (χ1) is 27.3. The maximum Gasteiger partial charge on any atom is 0.266 e. The number of amides is 4. The Hall–Kier alpha value is -6.48. The quantitative estimate of drug-likeness (QED) is 0.0538. The average Bonchev–Trinajstić information content (AvgIpc) is 3.89. The second-order valence-electron chi connectivity index (χ2n) is 13.3. The van der Waals surface area contributed by atoms with E-state index in [1.807, 2.05) is 0 Å². The molecule has 0 aliphatic heterocycles. The number of hydrogen-bond donors (Lipinski definition) is 8. The first kappa shape index (κ1) is 37.4. The van der Waals surface area contributed by atoms with Gasteiger partial charge in [0.15, 0.2) is 22.3 Å². The predicted molar refractivity (Wildman–Crippen MR) is 221 cm³/mol. The minimum absolute atomic E-state index is 0.159. The van der Waals surface area contributed by atoms with Crippen molar-refractivity contribution in [2.75, 3.05) is 21.3 Å². The van der Waals surface area contributed by atoms with Crippen LogP contribution in [0.15, 0.2) is 90.5 Å². The molecule has 0 radical (unpaired) electrons. The predicted octanol–water partition coefficient (Wildman–Crippen LogP) is 9.30. The molecule has 8 N–H and O–H groups in total. The summed E-state index contributed by atoms with van der Waals surface area (Å²) in [5.41, 5.74) is 3.92. The van der Waals surface area contributed by atoms with Gasteiger partial charge in [-0.1, -0.05) is 0 Å². The molecular formula is C37H28N8O8S4. The highest BCUT2D eigenvalue weighted by molar-refractivity contribution is 7.71. The molecular weight excluding hydrogens is 813 g/mol. The summed E-state index contributed by atoms with van der Waals surface area (Å²) in [6.45, 7) is 0. The third-order valence-corrected chi connectivity index (χ3v) is 9.70. The summed E-state index contributed by atoms with van der Waals surface area (Å²) < 4.78 is 22.0. The number of H-pyrrole nitrogens is 4. The van der Waals surface area contributed by atoms with Gasteiger partial charge in [0.2, 0.25) is 23.6 Å². The van der Waals surface area contributed by atoms with Gasteiger partial charge >= 0.3 is 0 Å². The number of oxazole rings is 4. The SMILES string of the molecule is O=C(CC(CC(=O)Nc1ccc2[nH]c(=S)oc2c1)(CC(=O)Nc1ccc2[nH]c(=S)oc2c1)CC(=O)Nc1ccc2[nH]c(=S)oc2c1)Nc1ccc2[nH]c(=S)oc2c1. The molecule has 16 nitrogen and oxygen atoms in total. The zero-order chi connectivity index (χ0) is 39.8. The van der Waals surface area contributed by atoms with E-state index in [1.165, 1.54) is 0 Å². The van der Waals surface area contributed by atoms with E-state index in [0.29, 0.717) is 67.1 Å². The molecule has 0 aliphatic carbocycles. The lowest BCUT2D eigenvalue weighted by Crippen LogP contribution is -2.38. The van der Waals surface area contributed by atoms with Gasteiger partial charge in [-0.25, -0.2) is 0 Å². The number of nitrogens with one attached hydrogen (secondary N) is 8. The molecule has 20 heteroatoms. The maximum absolute atomic E-state index is 14.0. The second kappa shape index (κ2) is 15.2. The Labute approximate surface area is 339 Å². The van der Waals surface area contributed by atoms with Gasteiger partial charge in [0.25, 0.3) is 19.3 Å². The van der Waals surface area contributed by atoms with Crippen LogP contribution in [-0.4, -0.2) is 43.6 Å². The van der Waals surface area contributed by atoms with Crippen LogP contribution in [-0.2, 0) is 19.2 Å². The Morgan fingerprint density at radius 2 is 0.649 bits per heavy atom. The summed E-state index contributed by atoms with van der Waals surface area (Å²) in [5.74, 6) is -2.34. The number of benzene rings is 4. The smallest absolute Gasteiger partial charge is 0.266 e. The summed E-state index contributed by atoms with van der Waals surface area (Å²) in [6.07, 6.45) is -1.78. The van der Waals surface area contributed by atoms with Crippen molar-refractivity contribution in [2.24, 2.45) is 5.41 Å². The third-order valence-electron chi connectivity index (χ3n) is 8.96. The number of rotatable bonds is 12. The first-order valence-electron chi connectivity index (χ1n) is 17.0. The van der Waals surface area contributed by atoms with Crippen LogP contribution >= 0.6 is 48.9 Å². The molecule has 0 fully saturated rings. The van der Waals surface area contributed by atoms with E-state index < -0.39 is 54.7 Å². The molecule has 288 valence electrons. The topological polar surface area (TPSA) is 232 Å². The fourth-order valence-electron chi connectivity index (χ4n) is 6.65. The molecule has 4 aromatic carbocycles. The van der Waals surface area contributed by atoms with E-state index in [1.54, 1.807) is 72.8 Å². The van der Waals surface area contributed by atoms with Crippen molar-refractivity contribution in [3.8, 4) is 0 Å². The van der Waals surface area contributed by atoms with Crippen molar-refractivity contribution in [1.29, 1.82) is 0 Å². The van der Waals surface area contributed by atoms with Gasteiger partial charge in [-0.15, -0.1) is 0 Å². The Morgan fingerprint density at radius 1 is 0.421 bits per heavy atom. The fourth-order valence-corrected chi connectivity index (χ4v) is 7.45. The monoisotopic (exact) mass is 840 g/mol. The number of carbonyl (C=O) groups excluding carboxylic acids is 4. The number of aromatic nitrogens is 4. The maximum atomic E-state index is 14.0. The minimum Gasteiger partial charge on any atom is -0.429 e. The summed E-state index contributed by atoms with van der Waals surface area (Å²) >= 11 is 20.4. The van der Waals surface area contributed by atoms with Crippen molar-refractivity contribution in [2.45, 2.75) is 25.7 Å². The normalized spacial score (nSPS) is 11.6. The van der Waals surface area contributed by atoms with Crippen LogP contribution in [0.2, 0.25) is 0 Å². The van der Waals surface area contributed by atoms with E-state index in [0.717, 1.165) is 0 Å². The largest absolute Gasteiger partial charge is 0.429 e. The number of aromatic amines is 4. The molecule has 8 rings (SSSR count). The highest BCUT2D eigenvalue weighted by Crippen LogP contribution is 2.38. The van der Waals surface area contributed by atoms with Crippen LogP contribution in [0.1, 0.15) is 25.7 Å². The highest BCUT2D eigenvalue weighted by Gasteiger charge is 2.40. The average molecular weight is 841 g/mol. The van der Waals surface area contributed by atoms with Gasteiger partial charge in [0, 0.05) is 78.1 Å². The van der Waals surface area contributed by atoms with Crippen molar-refractivity contribution in [3.05, 3.63) is 92.1 Å². The van der Waals surface area contributed by atoms with Gasteiger partial charge in [-0.05, 0) is 97.4 Å². The van der Waals surface area contributed by atoms with Gasteiger partial charge in [0.1, 0.15) is 0 Å². The molecule has 0 saturated carbocycles. The lowest BCUT2D eigenvalue weighted by atomic mass is 9.74. The van der Waals surface area contributed by atoms with Crippen LogP contribution in [0, 0.1) is 24.8 Å². The van der Waals surface area contributed by atoms with Gasteiger partial charge in [-0.2, -0.15) is 0 Å². The lowest BCUT2D eigenvalue weighted by molar-refractivity contribution is -0.127. The first-order valence-corrected chi connectivity index (χ1v) is 18.7. The van der Waals surface area contributed by atoms with E-state index in [2.05, 4.69) is 41.2 Å². The van der Waals surface area contributed by atoms with E-state index in [4.69, 9.17) is 66.5 Å². The molecule has 4 amide bonds. The summed E-state index contributed by atoms with van der Waals surface area (Å²) in [6, 6.07) is 19.6. The number of anilines is 4. The lowest BCUT2D eigenvalue weighted by Gasteiger charge is -2.32. The molecule has 8 aromatic rings. The molecule has 4 aromatic heterocycles. The van der Waals surface area contributed by atoms with E-state index in [-0.39, 0.29) is 19.3 Å². The van der Waals surface area contributed by atoms with Crippen LogP contribution in [0.5, 0.6) is 0 Å². The molecule has 0 bridgehead atoms. The molecule has 57 heavy (non-hydrogen) atoms. The molecule has 0 atom stereocenters. The van der Waals surface area contributed by atoms with E-state index in [9.17, 15) is 19.2 Å². The fraction of sp³-hybridized carbons (Fsp3) is 0.135. The molecule has 0 unspecified atom stereocenters. The van der Waals surface area contributed by atoms with Crippen LogP contribution in [0.25, 0.3) is 44.4 Å². The number of hydrogen-bond acceptors (Lipinski definition) is 12. The standard InChI is InChI=1S/C37H28N8O8S4/c46-29(38-17-1-5-21-25(9-17)50-33(54)42-21)13-37(14-30(47)39-18-2-6-22-26(10-18)51-34(55)43-22,15-31(48)40-19-3-7-23-27(11-19)52-35(56)44-23)16-32(49)41-20-4-8-24-28(12-20)53-36(57)45-24/h1-12H,13-16H2,(H,38,46)(H,39,47)(H,40,48)(H,41,49)(H,42,54)(H,43,55)(H,44,56)(H,45,57). The third kappa shape index (κ3) is 8.68. The Morgan fingerprint density at radius 3 is 0.877 bits per heavy atom. The van der Waals surface area contributed by atoms with Crippen LogP contribution < -0.4 is 21.3 Å². The summed E-state index contributed by atoms with van der Waals surface area (Å²) in [5, 5.41) is 11.3. The molecule has 0 saturated heterocycles. The van der Waals surface area contributed by atoms with Gasteiger partial charge in [-0.3, -0.25) is 19.2 Å². The molecule has 0 spiro atoms. The minimum atomic E-state index is -1.61. The van der Waals surface area contributed by atoms with Crippen LogP contribution in [0.3, 0.4) is 0 Å². The molecule has 4 heterocycles. The van der Waals surface area contributed by atoms with Gasteiger partial charge in [0.05, 0.1) is 22.1 Å². The van der Waals surface area contributed by atoms with Crippen LogP contribution in [0.4, 0.5) is 22.7 Å². The number of carbonyl (C=O) groups is 4. The van der Waals surface area contributed by atoms with Crippen molar-refractivity contribution in [1.82, 2.24) is 19.9 Å². The Balaban J connectivity index is 1.12. The summed E-state index contributed by atoms with van der Waals surface area (Å²) in [7, 11) is 0. The summed E-state index contributed by atoms with van der Waals surface area (Å²) in [4.78, 5) is 68.2. The Bertz CT molecular complexity index is 2720. The Kier molecular flexibility index (Phi) is 10.00. The zero-order valence-electron chi connectivity index (χ0n) is 29.2. The number of fused-ring (bicyclic) bond motifs is 4. The molecule has 0 aliphatic rings. The van der Waals surface area contributed by atoms with Gasteiger partial charge < -0.3 is 58.9 Å².